The van der Waals surface area contributed by atoms with Crippen molar-refractivity contribution in [2.75, 3.05) is 40.3 Å². The molecule has 2 aromatic carbocycles. The topological polar surface area (TPSA) is 47.0 Å². The van der Waals surface area contributed by atoms with Crippen LogP contribution in [0.3, 0.4) is 0 Å². The molecule has 0 bridgehead atoms. The van der Waals surface area contributed by atoms with Crippen molar-refractivity contribution in [2.24, 2.45) is 0 Å². The number of aliphatic hydroxyl groups is 1. The molecule has 0 aliphatic carbocycles. The van der Waals surface area contributed by atoms with Crippen LogP contribution in [-0.4, -0.2) is 71.6 Å². The molecular weight excluding hydrogens is 422 g/mol. The molecule has 2 aromatic rings. The number of piperidine rings is 1. The summed E-state index contributed by atoms with van der Waals surface area (Å²) in [6.07, 6.45) is 6.13. The van der Waals surface area contributed by atoms with Gasteiger partial charge < -0.3 is 19.8 Å². The molecule has 0 saturated carbocycles. The van der Waals surface area contributed by atoms with Crippen molar-refractivity contribution < 1.29 is 9.90 Å². The lowest BCUT2D eigenvalue weighted by Gasteiger charge is -2.42. The highest BCUT2D eigenvalue weighted by Gasteiger charge is 2.36. The van der Waals surface area contributed by atoms with E-state index in [4.69, 9.17) is 0 Å². The number of carbonyl (C=O) groups is 1. The van der Waals surface area contributed by atoms with Gasteiger partial charge in [-0.05, 0) is 36.0 Å². The van der Waals surface area contributed by atoms with Crippen molar-refractivity contribution in [3.8, 4) is 0 Å². The Hall–Kier alpha value is -3.05. The normalized spacial score (nSPS) is 18.7. The van der Waals surface area contributed by atoms with Crippen molar-refractivity contribution in [1.82, 2.24) is 14.7 Å². The molecule has 1 N–H and O–H groups in total. The largest absolute Gasteiger partial charge is 0.388 e. The zero-order chi connectivity index (χ0) is 24.1. The van der Waals surface area contributed by atoms with Crippen LogP contribution in [-0.2, 0) is 4.79 Å². The molecule has 0 radical (unpaired) electrons. The first kappa shape index (κ1) is 24.1. The van der Waals surface area contributed by atoms with E-state index in [1.165, 1.54) is 22.4 Å². The zero-order valence-corrected chi connectivity index (χ0v) is 20.7. The quantitative estimate of drug-likeness (QED) is 0.669. The lowest BCUT2D eigenvalue weighted by Crippen LogP contribution is -2.51. The van der Waals surface area contributed by atoms with Gasteiger partial charge in [0, 0.05) is 64.2 Å². The van der Waals surface area contributed by atoms with Gasteiger partial charge in [0.25, 0.3) is 0 Å². The molecule has 2 heterocycles. The van der Waals surface area contributed by atoms with Crippen LogP contribution >= 0.6 is 0 Å². The van der Waals surface area contributed by atoms with Crippen LogP contribution in [0, 0.1) is 0 Å². The first-order valence-electron chi connectivity index (χ1n) is 12.3. The smallest absolute Gasteiger partial charge is 0.223 e. The van der Waals surface area contributed by atoms with Crippen molar-refractivity contribution in [2.45, 2.75) is 37.7 Å². The number of amides is 1. The summed E-state index contributed by atoms with van der Waals surface area (Å²) in [4.78, 5) is 19.2. The summed E-state index contributed by atoms with van der Waals surface area (Å²) in [7, 11) is 4.13. The maximum atomic E-state index is 12.9. The predicted octanol–water partition coefficient (Wildman–Crippen LogP) is 4.34. The van der Waals surface area contributed by atoms with Gasteiger partial charge in [0.15, 0.2) is 0 Å². The minimum Gasteiger partial charge on any atom is -0.388 e. The number of hydrogen-bond acceptors (Lipinski definition) is 4. The van der Waals surface area contributed by atoms with E-state index in [9.17, 15) is 9.90 Å². The van der Waals surface area contributed by atoms with Crippen molar-refractivity contribution in [1.29, 1.82) is 0 Å². The number of carbonyl (C=O) groups excluding carboxylic acids is 1. The maximum Gasteiger partial charge on any atom is 0.223 e. The molecule has 2 aliphatic heterocycles. The SMILES string of the molecule is CC(CC(=O)N1CCC(O)(CN2C=C(c3ccccc3)C(N(C)C)=CC2)CC1)c1ccccc1. The molecule has 2 aliphatic rings. The van der Waals surface area contributed by atoms with Crippen molar-refractivity contribution in [3.63, 3.8) is 0 Å². The van der Waals surface area contributed by atoms with Crippen LogP contribution in [0.15, 0.2) is 78.6 Å². The van der Waals surface area contributed by atoms with Crippen LogP contribution in [0.4, 0.5) is 0 Å². The monoisotopic (exact) mass is 459 g/mol. The molecule has 1 fully saturated rings. The van der Waals surface area contributed by atoms with E-state index in [1.807, 2.05) is 29.2 Å². The Morgan fingerprint density at radius 1 is 1.03 bits per heavy atom. The number of allylic oxidation sites excluding steroid dienone is 1. The maximum absolute atomic E-state index is 12.9. The number of likely N-dealkylation sites (N-methyl/N-ethyl adjacent to an activating group) is 1. The van der Waals surface area contributed by atoms with E-state index in [2.05, 4.69) is 79.5 Å². The van der Waals surface area contributed by atoms with Gasteiger partial charge in [0.05, 0.1) is 5.60 Å². The Bertz CT molecular complexity index is 1020. The molecule has 4 rings (SSSR count). The van der Waals surface area contributed by atoms with Crippen LogP contribution in [0.2, 0.25) is 0 Å². The van der Waals surface area contributed by atoms with E-state index in [0.29, 0.717) is 38.9 Å². The van der Waals surface area contributed by atoms with Gasteiger partial charge in [-0.3, -0.25) is 4.79 Å². The van der Waals surface area contributed by atoms with Gasteiger partial charge in [-0.15, -0.1) is 0 Å². The second kappa shape index (κ2) is 10.5. The van der Waals surface area contributed by atoms with E-state index >= 15 is 0 Å². The molecule has 0 spiro atoms. The average Bonchev–Trinajstić information content (AvgIpc) is 2.85. The van der Waals surface area contributed by atoms with Crippen LogP contribution in [0.25, 0.3) is 5.57 Å². The van der Waals surface area contributed by atoms with Gasteiger partial charge >= 0.3 is 0 Å². The highest BCUT2D eigenvalue weighted by Crippen LogP contribution is 2.31. The summed E-state index contributed by atoms with van der Waals surface area (Å²) in [5.74, 6) is 0.378. The molecule has 1 unspecified atom stereocenters. The highest BCUT2D eigenvalue weighted by molar-refractivity contribution is 5.79. The zero-order valence-electron chi connectivity index (χ0n) is 20.7. The summed E-state index contributed by atoms with van der Waals surface area (Å²) in [5, 5.41) is 11.4. The van der Waals surface area contributed by atoms with Gasteiger partial charge in [0.2, 0.25) is 5.91 Å². The van der Waals surface area contributed by atoms with Crippen LogP contribution in [0.5, 0.6) is 0 Å². The van der Waals surface area contributed by atoms with Crippen LogP contribution < -0.4 is 0 Å². The summed E-state index contributed by atoms with van der Waals surface area (Å²) >= 11 is 0. The fourth-order valence-electron chi connectivity index (χ4n) is 4.99. The molecule has 1 saturated heterocycles. The van der Waals surface area contributed by atoms with E-state index in [-0.39, 0.29) is 11.8 Å². The molecule has 180 valence electrons. The third kappa shape index (κ3) is 5.71. The Morgan fingerprint density at radius 2 is 1.65 bits per heavy atom. The highest BCUT2D eigenvalue weighted by atomic mass is 16.3. The van der Waals surface area contributed by atoms with Gasteiger partial charge in [-0.25, -0.2) is 0 Å². The molecule has 1 amide bonds. The third-order valence-electron chi connectivity index (χ3n) is 7.07. The van der Waals surface area contributed by atoms with Gasteiger partial charge in [-0.1, -0.05) is 67.6 Å². The Balaban J connectivity index is 1.36. The summed E-state index contributed by atoms with van der Waals surface area (Å²) in [5.41, 5.74) is 3.95. The average molecular weight is 460 g/mol. The fourth-order valence-corrected chi connectivity index (χ4v) is 4.99. The summed E-state index contributed by atoms with van der Waals surface area (Å²) in [6, 6.07) is 20.6. The number of β-amino-alcohol motifs (C(OH)–C–C–N with tert-alkyl or cyclic N) is 1. The molecule has 5 nitrogen and oxygen atoms in total. The van der Waals surface area contributed by atoms with Crippen molar-refractivity contribution in [3.05, 3.63) is 89.8 Å². The Labute approximate surface area is 204 Å². The second-order valence-corrected chi connectivity index (χ2v) is 9.94. The van der Waals surface area contributed by atoms with E-state index in [0.717, 1.165) is 6.54 Å². The fraction of sp³-hybridized carbons (Fsp3) is 0.414. The first-order chi connectivity index (χ1) is 16.3. The number of rotatable bonds is 7. The predicted molar refractivity (Wildman–Crippen MR) is 138 cm³/mol. The Morgan fingerprint density at radius 3 is 2.26 bits per heavy atom. The first-order valence-corrected chi connectivity index (χ1v) is 12.3. The third-order valence-corrected chi connectivity index (χ3v) is 7.07. The molecule has 5 heteroatoms. The minimum atomic E-state index is -0.788. The summed E-state index contributed by atoms with van der Waals surface area (Å²) < 4.78 is 0. The van der Waals surface area contributed by atoms with Gasteiger partial charge in [-0.2, -0.15) is 0 Å². The molecular formula is C29H37N3O2. The summed E-state index contributed by atoms with van der Waals surface area (Å²) in [6.45, 7) is 4.67. The second-order valence-electron chi connectivity index (χ2n) is 9.94. The lowest BCUT2D eigenvalue weighted by atomic mass is 9.89. The van der Waals surface area contributed by atoms with Crippen LogP contribution in [0.1, 0.15) is 43.2 Å². The molecule has 0 aromatic heterocycles. The standard InChI is InChI=1S/C29H37N3O2/c1-23(24-10-6-4-7-11-24)20-28(33)32-18-15-29(34,16-19-32)22-31-17-14-27(30(2)3)26(21-31)25-12-8-5-9-13-25/h4-14,21,23,34H,15-20,22H2,1-3H3. The number of benzene rings is 2. The van der Waals surface area contributed by atoms with Crippen molar-refractivity contribution >= 4 is 11.5 Å². The minimum absolute atomic E-state index is 0.182. The van der Waals surface area contributed by atoms with E-state index < -0.39 is 5.60 Å². The number of hydrogen-bond donors (Lipinski definition) is 1. The number of likely N-dealkylation sites (tertiary alicyclic amines) is 1. The number of nitrogens with zero attached hydrogens (tertiary/aromatic N) is 3. The molecule has 34 heavy (non-hydrogen) atoms. The van der Waals surface area contributed by atoms with Gasteiger partial charge in [0.1, 0.15) is 0 Å². The lowest BCUT2D eigenvalue weighted by molar-refractivity contribution is -0.136. The molecule has 1 atom stereocenters. The van der Waals surface area contributed by atoms with E-state index in [1.54, 1.807) is 0 Å². The Kier molecular flexibility index (Phi) is 7.42.